The van der Waals surface area contributed by atoms with Crippen molar-refractivity contribution in [3.8, 4) is 11.8 Å². The number of nitriles is 1. The molecule has 6 rings (SSSR count). The van der Waals surface area contributed by atoms with Gasteiger partial charge in [-0.25, -0.2) is 9.37 Å². The van der Waals surface area contributed by atoms with Crippen LogP contribution in [-0.2, 0) is 13.0 Å². The lowest BCUT2D eigenvalue weighted by Gasteiger charge is -2.13. The van der Waals surface area contributed by atoms with Crippen LogP contribution in [0.3, 0.4) is 0 Å². The Hall–Kier alpha value is -4.14. The summed E-state index contributed by atoms with van der Waals surface area (Å²) in [6.07, 6.45) is 8.69. The summed E-state index contributed by atoms with van der Waals surface area (Å²) in [5, 5.41) is 10.3. The minimum Gasteiger partial charge on any atom is -0.488 e. The van der Waals surface area contributed by atoms with Crippen LogP contribution in [-0.4, -0.2) is 9.38 Å². The van der Waals surface area contributed by atoms with Gasteiger partial charge in [0.1, 0.15) is 18.2 Å². The third-order valence-electron chi connectivity index (χ3n) is 6.48. The van der Waals surface area contributed by atoms with Gasteiger partial charge in [0.25, 0.3) is 0 Å². The van der Waals surface area contributed by atoms with Crippen molar-refractivity contribution in [1.29, 1.82) is 5.26 Å². The number of halogens is 2. The Bertz CT molecular complexity index is 1670. The summed E-state index contributed by atoms with van der Waals surface area (Å²) in [4.78, 5) is 4.82. The molecule has 0 atom stereocenters. The van der Waals surface area contributed by atoms with Gasteiger partial charge >= 0.3 is 0 Å². The minimum atomic E-state index is -0.373. The number of fused-ring (bicyclic) bond motifs is 3. The molecule has 3 heterocycles. The first-order chi connectivity index (χ1) is 17.0. The standard InChI is InChI=1S/C29H19ClFN3O/c1-17(15-32)27-22-9-7-18(12-20(22)16-35-26-14-21(31)8-10-23(26)27)13-25-28(19-4-2-5-19)33-29-24(30)6-3-11-34(25)29/h2-12,14H,13,16H2,1H3/b27-17-. The molecule has 0 N–H and O–H groups in total. The summed E-state index contributed by atoms with van der Waals surface area (Å²) in [7, 11) is 0. The molecule has 170 valence electrons. The molecule has 6 heteroatoms. The third kappa shape index (κ3) is 3.54. The van der Waals surface area contributed by atoms with E-state index in [0.29, 0.717) is 22.8 Å². The van der Waals surface area contributed by atoms with E-state index in [2.05, 4.69) is 18.2 Å². The summed E-state index contributed by atoms with van der Waals surface area (Å²) >= 11 is 6.44. The molecule has 0 fully saturated rings. The van der Waals surface area contributed by atoms with Gasteiger partial charge in [0.05, 0.1) is 22.5 Å². The van der Waals surface area contributed by atoms with Crippen molar-refractivity contribution in [2.75, 3.05) is 0 Å². The van der Waals surface area contributed by atoms with Crippen LogP contribution in [0.2, 0.25) is 5.02 Å². The summed E-state index contributed by atoms with van der Waals surface area (Å²) in [6.45, 7) is 2.06. The van der Waals surface area contributed by atoms with Crippen LogP contribution in [0.4, 0.5) is 4.39 Å². The SMILES string of the molecule is C/C(C#N)=C1\c2ccc(Cc3c(C4=CC=C4)nc4c(Cl)cccn34)cc2COc2cc(F)ccc21. The maximum Gasteiger partial charge on any atom is 0.156 e. The first kappa shape index (κ1) is 21.4. The molecular weight excluding hydrogens is 461 g/mol. The Morgan fingerprint density at radius 1 is 1.20 bits per heavy atom. The third-order valence-corrected chi connectivity index (χ3v) is 6.77. The summed E-state index contributed by atoms with van der Waals surface area (Å²) in [6, 6.07) is 16.7. The van der Waals surface area contributed by atoms with E-state index in [9.17, 15) is 9.65 Å². The second-order valence-corrected chi connectivity index (χ2v) is 9.05. The molecule has 4 aromatic rings. The number of ether oxygens (including phenoxy) is 1. The summed E-state index contributed by atoms with van der Waals surface area (Å²) in [5.74, 6) is 0.0669. The monoisotopic (exact) mass is 479 g/mol. The Morgan fingerprint density at radius 3 is 2.80 bits per heavy atom. The Morgan fingerprint density at radius 2 is 2.03 bits per heavy atom. The van der Waals surface area contributed by atoms with Crippen LogP contribution >= 0.6 is 11.6 Å². The highest BCUT2D eigenvalue weighted by atomic mass is 35.5. The van der Waals surface area contributed by atoms with E-state index < -0.39 is 0 Å². The lowest BCUT2D eigenvalue weighted by atomic mass is 9.89. The zero-order valence-corrected chi connectivity index (χ0v) is 19.6. The number of hydrogen-bond donors (Lipinski definition) is 0. The molecule has 2 aromatic carbocycles. The Labute approximate surface area is 206 Å². The first-order valence-corrected chi connectivity index (χ1v) is 11.6. The first-order valence-electron chi connectivity index (χ1n) is 11.2. The topological polar surface area (TPSA) is 50.3 Å². The number of aromatic nitrogens is 2. The molecule has 0 amide bonds. The molecule has 2 aromatic heterocycles. The molecule has 35 heavy (non-hydrogen) atoms. The van der Waals surface area contributed by atoms with E-state index in [0.717, 1.165) is 50.4 Å². The average molecular weight is 480 g/mol. The van der Waals surface area contributed by atoms with Gasteiger partial charge < -0.3 is 9.14 Å². The molecule has 2 aliphatic rings. The van der Waals surface area contributed by atoms with Crippen LogP contribution in [0.1, 0.15) is 40.6 Å². The maximum atomic E-state index is 13.9. The van der Waals surface area contributed by atoms with E-state index in [1.807, 2.05) is 47.0 Å². The quantitative estimate of drug-likeness (QED) is 0.300. The normalized spacial score (nSPS) is 15.3. The van der Waals surface area contributed by atoms with Crippen molar-refractivity contribution in [2.24, 2.45) is 0 Å². The van der Waals surface area contributed by atoms with Gasteiger partial charge in [-0.1, -0.05) is 48.0 Å². The average Bonchev–Trinajstić information content (AvgIpc) is 3.08. The molecular formula is C29H19ClFN3O. The number of nitrogens with zero attached hydrogens (tertiary/aromatic N) is 3. The smallest absolute Gasteiger partial charge is 0.156 e. The van der Waals surface area contributed by atoms with Crippen LogP contribution in [0.15, 0.2) is 78.5 Å². The van der Waals surface area contributed by atoms with Gasteiger partial charge in [0.15, 0.2) is 5.65 Å². The second kappa shape index (κ2) is 8.26. The zero-order chi connectivity index (χ0) is 24.1. The number of rotatable bonds is 3. The van der Waals surface area contributed by atoms with E-state index in [1.165, 1.54) is 12.1 Å². The van der Waals surface area contributed by atoms with Crippen molar-refractivity contribution in [2.45, 2.75) is 20.0 Å². The van der Waals surface area contributed by atoms with Crippen molar-refractivity contribution < 1.29 is 9.13 Å². The lowest BCUT2D eigenvalue weighted by molar-refractivity contribution is 0.305. The van der Waals surface area contributed by atoms with Gasteiger partial charge in [0, 0.05) is 41.0 Å². The highest BCUT2D eigenvalue weighted by Crippen LogP contribution is 2.39. The molecule has 0 radical (unpaired) electrons. The van der Waals surface area contributed by atoms with Gasteiger partial charge in [-0.05, 0) is 47.9 Å². The second-order valence-electron chi connectivity index (χ2n) is 8.65. The fourth-order valence-electron chi connectivity index (χ4n) is 4.73. The predicted octanol–water partition coefficient (Wildman–Crippen LogP) is 6.91. The van der Waals surface area contributed by atoms with Crippen LogP contribution in [0, 0.1) is 17.1 Å². The largest absolute Gasteiger partial charge is 0.488 e. The van der Waals surface area contributed by atoms with Crippen molar-refractivity contribution in [3.63, 3.8) is 0 Å². The Kier molecular flexibility index (Phi) is 5.05. The van der Waals surface area contributed by atoms with E-state index >= 15 is 0 Å². The number of imidazole rings is 1. The molecule has 4 nitrogen and oxygen atoms in total. The van der Waals surface area contributed by atoms with Gasteiger partial charge in [-0.3, -0.25) is 0 Å². The molecule has 0 bridgehead atoms. The maximum absolute atomic E-state index is 13.9. The molecule has 0 spiro atoms. The van der Waals surface area contributed by atoms with E-state index in [4.69, 9.17) is 21.3 Å². The highest BCUT2D eigenvalue weighted by Gasteiger charge is 2.23. The van der Waals surface area contributed by atoms with Crippen LogP contribution in [0.25, 0.3) is 16.8 Å². The molecule has 0 saturated heterocycles. The lowest BCUT2D eigenvalue weighted by Crippen LogP contribution is -2.02. The summed E-state index contributed by atoms with van der Waals surface area (Å²) in [5.41, 5.74) is 8.75. The van der Waals surface area contributed by atoms with Gasteiger partial charge in [-0.2, -0.15) is 5.26 Å². The predicted molar refractivity (Wildman–Crippen MR) is 135 cm³/mol. The van der Waals surface area contributed by atoms with Crippen molar-refractivity contribution in [3.05, 3.63) is 123 Å². The number of pyridine rings is 1. The fourth-order valence-corrected chi connectivity index (χ4v) is 4.94. The van der Waals surface area contributed by atoms with E-state index in [1.54, 1.807) is 13.0 Å². The number of allylic oxidation sites excluding steroid dienone is 5. The van der Waals surface area contributed by atoms with Gasteiger partial charge in [0.2, 0.25) is 0 Å². The molecule has 0 unspecified atom stereocenters. The minimum absolute atomic E-state index is 0.279. The summed E-state index contributed by atoms with van der Waals surface area (Å²) < 4.78 is 22.0. The molecule has 1 aliphatic heterocycles. The number of benzene rings is 2. The Balaban J connectivity index is 1.46. The molecule has 0 saturated carbocycles. The van der Waals surface area contributed by atoms with E-state index in [-0.39, 0.29) is 12.4 Å². The molecule has 1 aliphatic carbocycles. The van der Waals surface area contributed by atoms with Gasteiger partial charge in [-0.15, -0.1) is 0 Å². The highest BCUT2D eigenvalue weighted by molar-refractivity contribution is 6.33. The van der Waals surface area contributed by atoms with Crippen molar-refractivity contribution >= 4 is 28.4 Å². The zero-order valence-electron chi connectivity index (χ0n) is 18.8. The van der Waals surface area contributed by atoms with Crippen molar-refractivity contribution in [1.82, 2.24) is 9.38 Å². The fraction of sp³-hybridized carbons (Fsp3) is 0.103. The van der Waals surface area contributed by atoms with Crippen LogP contribution < -0.4 is 4.74 Å². The van der Waals surface area contributed by atoms with Crippen LogP contribution in [0.5, 0.6) is 5.75 Å². The number of hydrogen-bond acceptors (Lipinski definition) is 3.